The molecule has 8 heteroatoms. The van der Waals surface area contributed by atoms with Gasteiger partial charge in [0.05, 0.1) is 10.9 Å². The summed E-state index contributed by atoms with van der Waals surface area (Å²) in [7, 11) is 0. The summed E-state index contributed by atoms with van der Waals surface area (Å²) in [4.78, 5) is 38.6. The highest BCUT2D eigenvalue weighted by molar-refractivity contribution is 5.91. The first-order valence-electron chi connectivity index (χ1n) is 9.89. The zero-order valence-corrected chi connectivity index (χ0v) is 17.2. The van der Waals surface area contributed by atoms with Crippen LogP contribution in [0.15, 0.2) is 52.1 Å². The number of hydrogen-bond donors (Lipinski definition) is 1. The molecule has 1 amide bonds. The number of fused-ring (bicyclic) bond motifs is 3. The van der Waals surface area contributed by atoms with Gasteiger partial charge in [0, 0.05) is 12.2 Å². The van der Waals surface area contributed by atoms with Crippen molar-refractivity contribution in [2.45, 2.75) is 40.3 Å². The van der Waals surface area contributed by atoms with Gasteiger partial charge in [-0.05, 0) is 44.0 Å². The molecule has 0 spiro atoms. The maximum absolute atomic E-state index is 13.1. The fourth-order valence-corrected chi connectivity index (χ4v) is 3.68. The molecule has 154 valence electrons. The van der Waals surface area contributed by atoms with Gasteiger partial charge in [-0.25, -0.2) is 13.9 Å². The molecule has 4 aromatic rings. The molecule has 0 aliphatic heterocycles. The van der Waals surface area contributed by atoms with E-state index in [0.29, 0.717) is 29.6 Å². The molecule has 2 aromatic carbocycles. The van der Waals surface area contributed by atoms with Gasteiger partial charge in [-0.15, -0.1) is 5.10 Å². The molecule has 1 N–H and O–H groups in total. The Morgan fingerprint density at radius 3 is 2.60 bits per heavy atom. The Kier molecular flexibility index (Phi) is 4.99. The Labute approximate surface area is 172 Å². The van der Waals surface area contributed by atoms with Crippen molar-refractivity contribution < 1.29 is 4.79 Å². The van der Waals surface area contributed by atoms with Gasteiger partial charge in [0.1, 0.15) is 6.54 Å². The van der Waals surface area contributed by atoms with Gasteiger partial charge >= 0.3 is 5.69 Å². The van der Waals surface area contributed by atoms with Crippen molar-refractivity contribution in [3.8, 4) is 0 Å². The number of carbonyl (C=O) groups excluding carboxylic acids is 1. The average Bonchev–Trinajstić information content (AvgIpc) is 3.03. The second-order valence-corrected chi connectivity index (χ2v) is 7.42. The van der Waals surface area contributed by atoms with E-state index >= 15 is 0 Å². The minimum Gasteiger partial charge on any atom is -0.324 e. The van der Waals surface area contributed by atoms with Crippen molar-refractivity contribution in [1.82, 2.24) is 18.7 Å². The number of benzene rings is 2. The summed E-state index contributed by atoms with van der Waals surface area (Å²) in [5.41, 5.74) is 2.56. The molecule has 0 radical (unpaired) electrons. The van der Waals surface area contributed by atoms with Gasteiger partial charge in [0.2, 0.25) is 11.7 Å². The molecule has 0 bridgehead atoms. The van der Waals surface area contributed by atoms with Gasteiger partial charge in [0.25, 0.3) is 5.56 Å². The van der Waals surface area contributed by atoms with Crippen LogP contribution in [-0.4, -0.2) is 24.7 Å². The smallest absolute Gasteiger partial charge is 0.324 e. The van der Waals surface area contributed by atoms with Crippen molar-refractivity contribution in [3.05, 3.63) is 74.4 Å². The molecule has 8 nitrogen and oxygen atoms in total. The van der Waals surface area contributed by atoms with Crippen LogP contribution in [0.4, 0.5) is 5.69 Å². The number of hydrogen-bond acceptors (Lipinski definition) is 4. The molecule has 0 unspecified atom stereocenters. The molecule has 4 rings (SSSR count). The van der Waals surface area contributed by atoms with Gasteiger partial charge in [-0.2, -0.15) is 0 Å². The molecule has 2 heterocycles. The van der Waals surface area contributed by atoms with Crippen LogP contribution in [0.2, 0.25) is 0 Å². The van der Waals surface area contributed by atoms with Crippen molar-refractivity contribution in [2.75, 3.05) is 5.32 Å². The van der Waals surface area contributed by atoms with E-state index in [1.807, 2.05) is 39.0 Å². The van der Waals surface area contributed by atoms with Crippen molar-refractivity contribution in [1.29, 1.82) is 0 Å². The average molecular weight is 405 g/mol. The lowest BCUT2D eigenvalue weighted by molar-refractivity contribution is -0.117. The number of aryl methyl sites for hydroxylation is 3. The second kappa shape index (κ2) is 7.62. The van der Waals surface area contributed by atoms with E-state index in [1.54, 1.807) is 24.3 Å². The van der Waals surface area contributed by atoms with Crippen LogP contribution in [0, 0.1) is 13.8 Å². The molecule has 2 aromatic heterocycles. The maximum Gasteiger partial charge on any atom is 0.352 e. The lowest BCUT2D eigenvalue weighted by atomic mass is 10.1. The summed E-state index contributed by atoms with van der Waals surface area (Å²) in [5, 5.41) is 7.60. The largest absolute Gasteiger partial charge is 0.352 e. The van der Waals surface area contributed by atoms with Gasteiger partial charge < -0.3 is 5.32 Å². The quantitative estimate of drug-likeness (QED) is 0.552. The summed E-state index contributed by atoms with van der Waals surface area (Å²) in [6.07, 6.45) is 0.710. The fourth-order valence-electron chi connectivity index (χ4n) is 3.68. The molecule has 0 fully saturated rings. The lowest BCUT2D eigenvalue weighted by Gasteiger charge is -2.08. The predicted molar refractivity (Wildman–Crippen MR) is 116 cm³/mol. The first-order chi connectivity index (χ1) is 14.4. The van der Waals surface area contributed by atoms with E-state index in [2.05, 4.69) is 10.4 Å². The number of nitrogens with one attached hydrogen (secondary N) is 1. The number of para-hydroxylation sites is 1. The first kappa shape index (κ1) is 19.6. The van der Waals surface area contributed by atoms with Crippen LogP contribution in [0.1, 0.15) is 24.5 Å². The van der Waals surface area contributed by atoms with Crippen LogP contribution in [-0.2, 0) is 17.9 Å². The van der Waals surface area contributed by atoms with Gasteiger partial charge in [-0.1, -0.05) is 36.8 Å². The van der Waals surface area contributed by atoms with Crippen molar-refractivity contribution in [3.63, 3.8) is 0 Å². The third-order valence-electron chi connectivity index (χ3n) is 5.08. The zero-order valence-electron chi connectivity index (χ0n) is 17.2. The monoisotopic (exact) mass is 405 g/mol. The molecule has 0 atom stereocenters. The number of rotatable bonds is 5. The highest BCUT2D eigenvalue weighted by Gasteiger charge is 2.18. The van der Waals surface area contributed by atoms with Crippen molar-refractivity contribution in [2.24, 2.45) is 0 Å². The Hall–Kier alpha value is -3.68. The minimum absolute atomic E-state index is 0.197. The molecular formula is C22H23N5O3. The van der Waals surface area contributed by atoms with E-state index in [-0.39, 0.29) is 23.8 Å². The molecule has 0 saturated carbocycles. The van der Waals surface area contributed by atoms with Crippen LogP contribution in [0.3, 0.4) is 0 Å². The van der Waals surface area contributed by atoms with Crippen LogP contribution in [0.5, 0.6) is 0 Å². The number of aromatic nitrogens is 4. The van der Waals surface area contributed by atoms with Gasteiger partial charge in [0.15, 0.2) is 0 Å². The second-order valence-electron chi connectivity index (χ2n) is 7.42. The van der Waals surface area contributed by atoms with E-state index in [9.17, 15) is 14.4 Å². The zero-order chi connectivity index (χ0) is 21.4. The number of anilines is 1. The highest BCUT2D eigenvalue weighted by Crippen LogP contribution is 2.16. The topological polar surface area (TPSA) is 90.4 Å². The third kappa shape index (κ3) is 3.30. The standard InChI is InChI=1S/C22H23N5O3/c1-4-11-25-20(29)16-7-5-6-8-18(16)27-21(25)24-26(22(27)30)13-19(28)23-17-10-9-14(2)12-15(17)3/h5-10,12H,4,11,13H2,1-3H3,(H,23,28). The summed E-state index contributed by atoms with van der Waals surface area (Å²) < 4.78 is 3.99. The summed E-state index contributed by atoms with van der Waals surface area (Å²) >= 11 is 0. The van der Waals surface area contributed by atoms with Crippen LogP contribution in [0.25, 0.3) is 16.7 Å². The molecule has 30 heavy (non-hydrogen) atoms. The Bertz CT molecular complexity index is 1390. The predicted octanol–water partition coefficient (Wildman–Crippen LogP) is 2.48. The maximum atomic E-state index is 13.1. The SMILES string of the molecule is CCCn1c(=O)c2ccccc2n2c(=O)n(CC(=O)Nc3ccc(C)cc3C)nc12. The van der Waals surface area contributed by atoms with Crippen molar-refractivity contribution >= 4 is 28.3 Å². The Morgan fingerprint density at radius 1 is 1.10 bits per heavy atom. The highest BCUT2D eigenvalue weighted by atomic mass is 16.2. The molecule has 0 aliphatic carbocycles. The normalized spacial score (nSPS) is 11.3. The van der Waals surface area contributed by atoms with E-state index < -0.39 is 5.69 Å². The van der Waals surface area contributed by atoms with E-state index in [1.165, 1.54) is 8.97 Å². The molecule has 0 saturated heterocycles. The third-order valence-corrected chi connectivity index (χ3v) is 5.08. The Balaban J connectivity index is 1.79. The minimum atomic E-state index is -0.457. The fraction of sp³-hybridized carbons (Fsp3) is 0.273. The van der Waals surface area contributed by atoms with E-state index in [4.69, 9.17) is 0 Å². The van der Waals surface area contributed by atoms with Crippen LogP contribution >= 0.6 is 0 Å². The Morgan fingerprint density at radius 2 is 1.87 bits per heavy atom. The molecular weight excluding hydrogens is 382 g/mol. The lowest BCUT2D eigenvalue weighted by Crippen LogP contribution is -2.29. The summed E-state index contributed by atoms with van der Waals surface area (Å²) in [5.74, 6) is -0.119. The number of carbonyl (C=O) groups is 1. The molecule has 0 aliphatic rings. The number of amides is 1. The van der Waals surface area contributed by atoms with Crippen LogP contribution < -0.4 is 16.6 Å². The summed E-state index contributed by atoms with van der Waals surface area (Å²) in [6, 6.07) is 12.7. The number of nitrogens with zero attached hydrogens (tertiary/aromatic N) is 4. The summed E-state index contributed by atoms with van der Waals surface area (Å²) in [6.45, 7) is 6.02. The van der Waals surface area contributed by atoms with Gasteiger partial charge in [-0.3, -0.25) is 14.2 Å². The van der Waals surface area contributed by atoms with E-state index in [0.717, 1.165) is 15.8 Å². The first-order valence-corrected chi connectivity index (χ1v) is 9.89.